The summed E-state index contributed by atoms with van der Waals surface area (Å²) in [6.45, 7) is 1.65. The van der Waals surface area contributed by atoms with Crippen LogP contribution in [0.1, 0.15) is 6.42 Å². The Labute approximate surface area is 163 Å². The highest BCUT2D eigenvalue weighted by atomic mass is 19.2. The molecule has 2 N–H and O–H groups in total. The molecule has 0 spiro atoms. The van der Waals surface area contributed by atoms with Crippen LogP contribution in [0.5, 0.6) is 0 Å². The molecular weight excluding hydrogens is 388 g/mol. The third-order valence-corrected chi connectivity index (χ3v) is 5.23. The van der Waals surface area contributed by atoms with Crippen LogP contribution in [-0.2, 0) is 11.3 Å². The zero-order valence-corrected chi connectivity index (χ0v) is 15.3. The zero-order chi connectivity index (χ0) is 20.7. The van der Waals surface area contributed by atoms with E-state index in [-0.39, 0.29) is 17.6 Å². The number of anilines is 1. The average molecular weight is 406 g/mol. The van der Waals surface area contributed by atoms with E-state index in [1.807, 2.05) is 4.90 Å². The molecule has 2 fully saturated rings. The Bertz CT molecular complexity index is 1070. The van der Waals surface area contributed by atoms with Gasteiger partial charge in [-0.3, -0.25) is 4.79 Å². The number of benzene rings is 2. The van der Waals surface area contributed by atoms with Crippen LogP contribution in [0.3, 0.4) is 0 Å². The number of imidazole rings is 1. The van der Waals surface area contributed by atoms with E-state index < -0.39 is 29.2 Å². The molecule has 1 amide bonds. The lowest BCUT2D eigenvalue weighted by atomic mass is 10.2. The second-order valence-corrected chi connectivity index (χ2v) is 7.32. The van der Waals surface area contributed by atoms with E-state index in [4.69, 9.17) is 5.73 Å². The Morgan fingerprint density at radius 3 is 2.45 bits per heavy atom. The van der Waals surface area contributed by atoms with Crippen LogP contribution >= 0.6 is 0 Å². The standard InChI is InChI=1S/C11H11F2N.C9H7F2N3O/c12-9-1-2-11(10(13)4-9)14-5-7-3-8(7)6-14;10-5-1-2-6-9(8(5)11)14(4-13-6)3-7(12)15/h1-2,4,7-8H,3,5-6H2;1-2,4H,3H2,(H2,12,15). The molecule has 3 aromatic rings. The van der Waals surface area contributed by atoms with E-state index in [1.54, 1.807) is 0 Å². The molecule has 1 saturated heterocycles. The van der Waals surface area contributed by atoms with Gasteiger partial charge in [0, 0.05) is 19.2 Å². The van der Waals surface area contributed by atoms with Crippen molar-refractivity contribution in [2.75, 3.05) is 18.0 Å². The summed E-state index contributed by atoms with van der Waals surface area (Å²) in [5.74, 6) is -2.06. The highest BCUT2D eigenvalue weighted by molar-refractivity contribution is 5.80. The molecule has 1 saturated carbocycles. The van der Waals surface area contributed by atoms with Crippen molar-refractivity contribution in [2.45, 2.75) is 13.0 Å². The van der Waals surface area contributed by atoms with E-state index in [0.717, 1.165) is 37.1 Å². The summed E-state index contributed by atoms with van der Waals surface area (Å²) < 4.78 is 53.5. The Morgan fingerprint density at radius 2 is 1.79 bits per heavy atom. The van der Waals surface area contributed by atoms with E-state index in [2.05, 4.69) is 4.98 Å². The number of nitrogens with two attached hydrogens (primary N) is 1. The van der Waals surface area contributed by atoms with Gasteiger partial charge in [0.05, 0.1) is 17.5 Å². The number of piperidine rings is 1. The highest BCUT2D eigenvalue weighted by Gasteiger charge is 2.45. The van der Waals surface area contributed by atoms with E-state index >= 15 is 0 Å². The largest absolute Gasteiger partial charge is 0.369 e. The first-order chi connectivity index (χ1) is 13.8. The van der Waals surface area contributed by atoms with Crippen molar-refractivity contribution in [1.82, 2.24) is 9.55 Å². The normalized spacial score (nSPS) is 19.7. The average Bonchev–Trinajstić information content (AvgIpc) is 3.07. The fourth-order valence-corrected chi connectivity index (χ4v) is 3.72. The fraction of sp³-hybridized carbons (Fsp3) is 0.300. The molecule has 1 aromatic heterocycles. The van der Waals surface area contributed by atoms with Gasteiger partial charge in [-0.25, -0.2) is 22.5 Å². The maximum absolute atomic E-state index is 13.4. The number of amides is 1. The summed E-state index contributed by atoms with van der Waals surface area (Å²) in [5, 5.41) is 0. The summed E-state index contributed by atoms with van der Waals surface area (Å²) >= 11 is 0. The minimum Gasteiger partial charge on any atom is -0.369 e. The van der Waals surface area contributed by atoms with Gasteiger partial charge in [-0.05, 0) is 42.5 Å². The number of rotatable bonds is 3. The maximum atomic E-state index is 13.4. The molecule has 29 heavy (non-hydrogen) atoms. The van der Waals surface area contributed by atoms with Gasteiger partial charge in [0.2, 0.25) is 5.91 Å². The topological polar surface area (TPSA) is 64.2 Å². The Hall–Kier alpha value is -3.10. The van der Waals surface area contributed by atoms with Gasteiger partial charge in [0.25, 0.3) is 0 Å². The van der Waals surface area contributed by atoms with E-state index in [0.29, 0.717) is 5.69 Å². The fourth-order valence-electron chi connectivity index (χ4n) is 3.72. The zero-order valence-electron chi connectivity index (χ0n) is 15.3. The minimum atomic E-state index is -1.02. The van der Waals surface area contributed by atoms with Crippen molar-refractivity contribution in [3.05, 3.63) is 59.9 Å². The minimum absolute atomic E-state index is 0.0474. The summed E-state index contributed by atoms with van der Waals surface area (Å²) in [6, 6.07) is 6.14. The van der Waals surface area contributed by atoms with Crippen LogP contribution in [0.15, 0.2) is 36.7 Å². The van der Waals surface area contributed by atoms with Crippen LogP contribution < -0.4 is 10.6 Å². The summed E-state index contributed by atoms with van der Waals surface area (Å²) in [5.41, 5.74) is 5.75. The molecule has 2 atom stereocenters. The first-order valence-electron chi connectivity index (χ1n) is 9.10. The lowest BCUT2D eigenvalue weighted by Crippen LogP contribution is -2.22. The van der Waals surface area contributed by atoms with Gasteiger partial charge in [-0.15, -0.1) is 0 Å². The van der Waals surface area contributed by atoms with Crippen LogP contribution in [0.25, 0.3) is 11.0 Å². The van der Waals surface area contributed by atoms with E-state index in [9.17, 15) is 22.4 Å². The smallest absolute Gasteiger partial charge is 0.237 e. The number of halogens is 4. The van der Waals surface area contributed by atoms with Crippen LogP contribution in [0.4, 0.5) is 23.2 Å². The molecule has 9 heteroatoms. The van der Waals surface area contributed by atoms with Gasteiger partial charge >= 0.3 is 0 Å². The molecule has 2 unspecified atom stereocenters. The summed E-state index contributed by atoms with van der Waals surface area (Å²) in [6.07, 6.45) is 2.54. The van der Waals surface area contributed by atoms with Gasteiger partial charge < -0.3 is 15.2 Å². The molecule has 1 aliphatic carbocycles. The number of carbonyl (C=O) groups excluding carboxylic acids is 1. The lowest BCUT2D eigenvalue weighted by molar-refractivity contribution is -0.118. The first-order valence-corrected chi connectivity index (χ1v) is 9.10. The highest BCUT2D eigenvalue weighted by Crippen LogP contribution is 2.46. The second kappa shape index (κ2) is 7.38. The number of hydrogen-bond donors (Lipinski definition) is 1. The summed E-state index contributed by atoms with van der Waals surface area (Å²) in [7, 11) is 0. The number of carbonyl (C=O) groups is 1. The van der Waals surface area contributed by atoms with Gasteiger partial charge in [0.15, 0.2) is 11.6 Å². The SMILES string of the molecule is Fc1ccc(N2CC3CC3C2)c(F)c1.NC(=O)Cn1cnc2ccc(F)c(F)c21. The van der Waals surface area contributed by atoms with Crippen molar-refractivity contribution in [2.24, 2.45) is 17.6 Å². The van der Waals surface area contributed by atoms with Gasteiger partial charge in [-0.1, -0.05) is 0 Å². The van der Waals surface area contributed by atoms with Gasteiger partial charge in [-0.2, -0.15) is 0 Å². The number of nitrogens with zero attached hydrogens (tertiary/aromatic N) is 3. The van der Waals surface area contributed by atoms with Crippen LogP contribution in [0, 0.1) is 35.1 Å². The maximum Gasteiger partial charge on any atom is 0.237 e. The third kappa shape index (κ3) is 3.90. The predicted molar refractivity (Wildman–Crippen MR) is 99.0 cm³/mol. The molecule has 152 valence electrons. The van der Waals surface area contributed by atoms with Crippen molar-refractivity contribution in [1.29, 1.82) is 0 Å². The summed E-state index contributed by atoms with van der Waals surface area (Å²) in [4.78, 5) is 16.5. The van der Waals surface area contributed by atoms with Crippen molar-refractivity contribution >= 4 is 22.6 Å². The number of aromatic nitrogens is 2. The predicted octanol–water partition coefficient (Wildman–Crippen LogP) is 3.22. The molecule has 2 heterocycles. The molecule has 2 aromatic carbocycles. The molecular formula is C20H18F4N4O. The van der Waals surface area contributed by atoms with Gasteiger partial charge in [0.1, 0.15) is 23.7 Å². The number of primary amides is 1. The quantitative estimate of drug-likeness (QED) is 0.680. The van der Waals surface area contributed by atoms with Crippen molar-refractivity contribution in [3.8, 4) is 0 Å². The first kappa shape index (κ1) is 19.2. The number of fused-ring (bicyclic) bond motifs is 2. The van der Waals surface area contributed by atoms with Crippen molar-refractivity contribution < 1.29 is 22.4 Å². The Kier molecular flexibility index (Phi) is 4.89. The third-order valence-electron chi connectivity index (χ3n) is 5.23. The molecule has 1 aliphatic heterocycles. The van der Waals surface area contributed by atoms with Crippen LogP contribution in [0.2, 0.25) is 0 Å². The molecule has 5 rings (SSSR count). The van der Waals surface area contributed by atoms with E-state index in [1.165, 1.54) is 35.5 Å². The lowest BCUT2D eigenvalue weighted by Gasteiger charge is -2.20. The Balaban J connectivity index is 0.000000141. The van der Waals surface area contributed by atoms with Crippen molar-refractivity contribution in [3.63, 3.8) is 0 Å². The Morgan fingerprint density at radius 1 is 1.07 bits per heavy atom. The second-order valence-electron chi connectivity index (χ2n) is 7.32. The molecule has 0 bridgehead atoms. The molecule has 5 nitrogen and oxygen atoms in total. The van der Waals surface area contributed by atoms with Crippen LogP contribution in [-0.4, -0.2) is 28.5 Å². The molecule has 2 aliphatic rings. The monoisotopic (exact) mass is 406 g/mol. The molecule has 0 radical (unpaired) electrons. The number of hydrogen-bond acceptors (Lipinski definition) is 3.